The maximum Gasteiger partial charge on any atom is 0.265 e. The number of benzene rings is 3. The molecule has 0 radical (unpaired) electrons. The zero-order valence-corrected chi connectivity index (χ0v) is 15.8. The first kappa shape index (κ1) is 18.2. The first-order valence-corrected chi connectivity index (χ1v) is 9.71. The van der Waals surface area contributed by atoms with Gasteiger partial charge in [0.2, 0.25) is 0 Å². The van der Waals surface area contributed by atoms with Gasteiger partial charge in [0.15, 0.2) is 0 Å². The summed E-state index contributed by atoms with van der Waals surface area (Å²) in [6.45, 7) is 1.52. The SMILES string of the molecule is O=C(NN1CC=C(C(c2ccccc2)c2ccccc2)CC1)c1ccccc1. The van der Waals surface area contributed by atoms with Crippen LogP contribution < -0.4 is 5.43 Å². The van der Waals surface area contributed by atoms with Gasteiger partial charge in [-0.2, -0.15) is 0 Å². The Balaban J connectivity index is 1.51. The van der Waals surface area contributed by atoms with Gasteiger partial charge in [-0.3, -0.25) is 10.2 Å². The second kappa shape index (κ2) is 8.68. The van der Waals surface area contributed by atoms with Crippen molar-refractivity contribution < 1.29 is 4.79 Å². The normalized spacial score (nSPS) is 14.5. The zero-order chi connectivity index (χ0) is 19.2. The number of hydrazine groups is 1. The molecule has 0 atom stereocenters. The van der Waals surface area contributed by atoms with E-state index in [0.29, 0.717) is 12.1 Å². The Kier molecular flexibility index (Phi) is 5.64. The second-order valence-corrected chi connectivity index (χ2v) is 7.04. The standard InChI is InChI=1S/C25H24N2O/c28-25(23-14-8-3-9-15-23)26-27-18-16-22(17-19-27)24(20-10-4-1-5-11-20)21-12-6-2-7-13-21/h1-16,24H,17-19H2,(H,26,28). The number of nitrogens with zero attached hydrogens (tertiary/aromatic N) is 1. The van der Waals surface area contributed by atoms with Gasteiger partial charge in [-0.1, -0.05) is 90.5 Å². The molecule has 0 aliphatic carbocycles. The fourth-order valence-corrected chi connectivity index (χ4v) is 3.76. The average Bonchev–Trinajstić information content (AvgIpc) is 2.77. The summed E-state index contributed by atoms with van der Waals surface area (Å²) in [6.07, 6.45) is 3.18. The summed E-state index contributed by atoms with van der Waals surface area (Å²) in [7, 11) is 0. The summed E-state index contributed by atoms with van der Waals surface area (Å²) >= 11 is 0. The molecule has 3 aromatic rings. The van der Waals surface area contributed by atoms with E-state index in [0.717, 1.165) is 13.0 Å². The number of rotatable bonds is 5. The van der Waals surface area contributed by atoms with E-state index in [9.17, 15) is 4.79 Å². The van der Waals surface area contributed by atoms with Crippen LogP contribution in [-0.4, -0.2) is 24.0 Å². The number of hydrogen-bond donors (Lipinski definition) is 1. The van der Waals surface area contributed by atoms with Crippen molar-refractivity contribution in [2.24, 2.45) is 0 Å². The fraction of sp³-hybridized carbons (Fsp3) is 0.160. The minimum Gasteiger partial charge on any atom is -0.284 e. The van der Waals surface area contributed by atoms with E-state index in [1.807, 2.05) is 35.3 Å². The molecule has 4 rings (SSSR count). The number of carbonyl (C=O) groups excluding carboxylic acids is 1. The molecule has 1 N–H and O–H groups in total. The summed E-state index contributed by atoms with van der Waals surface area (Å²) in [6, 6.07) is 30.6. The van der Waals surface area contributed by atoms with E-state index in [4.69, 9.17) is 0 Å². The summed E-state index contributed by atoms with van der Waals surface area (Å²) in [5, 5.41) is 1.99. The van der Waals surface area contributed by atoms with Crippen molar-refractivity contribution in [2.75, 3.05) is 13.1 Å². The van der Waals surface area contributed by atoms with Gasteiger partial charge in [0, 0.05) is 24.6 Å². The molecule has 3 nitrogen and oxygen atoms in total. The van der Waals surface area contributed by atoms with E-state index in [-0.39, 0.29) is 11.8 Å². The van der Waals surface area contributed by atoms with Crippen molar-refractivity contribution in [1.29, 1.82) is 0 Å². The highest BCUT2D eigenvalue weighted by atomic mass is 16.2. The molecule has 1 aliphatic heterocycles. The largest absolute Gasteiger partial charge is 0.284 e. The molecular weight excluding hydrogens is 344 g/mol. The fourth-order valence-electron chi connectivity index (χ4n) is 3.76. The first-order chi connectivity index (χ1) is 13.8. The number of amides is 1. The highest BCUT2D eigenvalue weighted by Gasteiger charge is 2.23. The van der Waals surface area contributed by atoms with Gasteiger partial charge in [-0.25, -0.2) is 5.01 Å². The Bertz CT molecular complexity index is 897. The molecule has 28 heavy (non-hydrogen) atoms. The highest BCUT2D eigenvalue weighted by Crippen LogP contribution is 2.34. The lowest BCUT2D eigenvalue weighted by Gasteiger charge is -2.30. The molecule has 1 heterocycles. The van der Waals surface area contributed by atoms with E-state index in [1.165, 1.54) is 16.7 Å². The molecule has 0 saturated carbocycles. The van der Waals surface area contributed by atoms with Crippen LogP contribution in [-0.2, 0) is 0 Å². The molecule has 0 aromatic heterocycles. The number of hydrogen-bond acceptors (Lipinski definition) is 2. The van der Waals surface area contributed by atoms with Crippen molar-refractivity contribution in [1.82, 2.24) is 10.4 Å². The molecule has 1 amide bonds. The highest BCUT2D eigenvalue weighted by molar-refractivity contribution is 5.93. The smallest absolute Gasteiger partial charge is 0.265 e. The maximum absolute atomic E-state index is 12.4. The quantitative estimate of drug-likeness (QED) is 0.657. The summed E-state index contributed by atoms with van der Waals surface area (Å²) < 4.78 is 0. The third-order valence-corrected chi connectivity index (χ3v) is 5.18. The van der Waals surface area contributed by atoms with Gasteiger partial charge < -0.3 is 0 Å². The minimum atomic E-state index is -0.0554. The van der Waals surface area contributed by atoms with E-state index < -0.39 is 0 Å². The molecule has 3 aromatic carbocycles. The van der Waals surface area contributed by atoms with Crippen molar-refractivity contribution in [3.8, 4) is 0 Å². The van der Waals surface area contributed by atoms with Crippen LogP contribution in [0.3, 0.4) is 0 Å². The lowest BCUT2D eigenvalue weighted by atomic mass is 9.82. The van der Waals surface area contributed by atoms with Crippen molar-refractivity contribution in [2.45, 2.75) is 12.3 Å². The monoisotopic (exact) mass is 368 g/mol. The number of nitrogens with one attached hydrogen (secondary N) is 1. The second-order valence-electron chi connectivity index (χ2n) is 7.04. The van der Waals surface area contributed by atoms with Crippen LogP contribution in [0.15, 0.2) is 103 Å². The van der Waals surface area contributed by atoms with E-state index in [1.54, 1.807) is 0 Å². The van der Waals surface area contributed by atoms with Crippen LogP contribution in [0, 0.1) is 0 Å². The van der Waals surface area contributed by atoms with Crippen LogP contribution >= 0.6 is 0 Å². The third-order valence-electron chi connectivity index (χ3n) is 5.18. The van der Waals surface area contributed by atoms with Gasteiger partial charge in [-0.05, 0) is 29.7 Å². The van der Waals surface area contributed by atoms with Crippen LogP contribution in [0.5, 0.6) is 0 Å². The molecule has 3 heteroatoms. The molecular formula is C25H24N2O. The summed E-state index contributed by atoms with van der Waals surface area (Å²) in [5.74, 6) is 0.203. The van der Waals surface area contributed by atoms with Crippen LogP contribution in [0.1, 0.15) is 33.8 Å². The average molecular weight is 368 g/mol. The lowest BCUT2D eigenvalue weighted by Crippen LogP contribution is -2.44. The van der Waals surface area contributed by atoms with Gasteiger partial charge in [0.25, 0.3) is 5.91 Å². The van der Waals surface area contributed by atoms with Gasteiger partial charge >= 0.3 is 0 Å². The van der Waals surface area contributed by atoms with Crippen molar-refractivity contribution in [3.63, 3.8) is 0 Å². The molecule has 0 fully saturated rings. The van der Waals surface area contributed by atoms with E-state index >= 15 is 0 Å². The van der Waals surface area contributed by atoms with Crippen LogP contribution in [0.2, 0.25) is 0 Å². The number of carbonyl (C=O) groups is 1. The van der Waals surface area contributed by atoms with Crippen LogP contribution in [0.4, 0.5) is 0 Å². The Hall–Kier alpha value is -3.17. The van der Waals surface area contributed by atoms with Crippen molar-refractivity contribution >= 4 is 5.91 Å². The molecule has 1 aliphatic rings. The third kappa shape index (κ3) is 4.21. The summed E-state index contributed by atoms with van der Waals surface area (Å²) in [5.41, 5.74) is 7.73. The maximum atomic E-state index is 12.4. The van der Waals surface area contributed by atoms with Crippen molar-refractivity contribution in [3.05, 3.63) is 119 Å². The van der Waals surface area contributed by atoms with Crippen LogP contribution in [0.25, 0.3) is 0 Å². The molecule has 0 spiro atoms. The van der Waals surface area contributed by atoms with E-state index in [2.05, 4.69) is 72.2 Å². The molecule has 0 bridgehead atoms. The molecule has 0 unspecified atom stereocenters. The Labute approximate surface area is 166 Å². The van der Waals surface area contributed by atoms with Gasteiger partial charge in [0.1, 0.15) is 0 Å². The Morgan fingerprint density at radius 2 is 1.32 bits per heavy atom. The molecule has 0 saturated heterocycles. The topological polar surface area (TPSA) is 32.3 Å². The first-order valence-electron chi connectivity index (χ1n) is 9.71. The molecule has 140 valence electrons. The summed E-state index contributed by atoms with van der Waals surface area (Å²) in [4.78, 5) is 12.4. The predicted octanol–water partition coefficient (Wildman–Crippen LogP) is 4.80. The van der Waals surface area contributed by atoms with Gasteiger partial charge in [-0.15, -0.1) is 0 Å². The Morgan fingerprint density at radius 3 is 1.82 bits per heavy atom. The lowest BCUT2D eigenvalue weighted by molar-refractivity contribution is 0.0801. The predicted molar refractivity (Wildman–Crippen MR) is 113 cm³/mol. The zero-order valence-electron chi connectivity index (χ0n) is 15.8. The minimum absolute atomic E-state index is 0.0554. The van der Waals surface area contributed by atoms with Gasteiger partial charge in [0.05, 0.1) is 0 Å². The Morgan fingerprint density at radius 1 is 0.786 bits per heavy atom.